The molecular formula is C11H9N5O2. The van der Waals surface area contributed by atoms with E-state index in [-0.39, 0.29) is 11.7 Å². The fourth-order valence-electron chi connectivity index (χ4n) is 1.59. The average Bonchev–Trinajstić information content (AvgIpc) is 2.95. The van der Waals surface area contributed by atoms with Crippen LogP contribution in [0.5, 0.6) is 0 Å². The molecule has 7 nitrogen and oxygen atoms in total. The molecule has 0 bridgehead atoms. The number of aromatic nitrogens is 4. The Morgan fingerprint density at radius 1 is 1.39 bits per heavy atom. The normalized spacial score (nSPS) is 10.7. The quantitative estimate of drug-likeness (QED) is 0.731. The van der Waals surface area contributed by atoms with E-state index in [0.29, 0.717) is 5.58 Å². The number of benzene rings is 1. The summed E-state index contributed by atoms with van der Waals surface area (Å²) >= 11 is 0. The summed E-state index contributed by atoms with van der Waals surface area (Å²) < 4.78 is 5.41. The molecule has 0 atom stereocenters. The zero-order chi connectivity index (χ0) is 12.5. The summed E-state index contributed by atoms with van der Waals surface area (Å²) in [5, 5.41) is 14.5. The zero-order valence-electron chi connectivity index (χ0n) is 9.49. The monoisotopic (exact) mass is 243 g/mol. The molecule has 1 amide bonds. The number of fused-ring (bicyclic) bond motifs is 1. The largest absolute Gasteiger partial charge is 0.451 e. The number of anilines is 1. The highest BCUT2D eigenvalue weighted by atomic mass is 16.3. The third-order valence-electron chi connectivity index (χ3n) is 2.38. The topological polar surface area (TPSA) is 85.8 Å². The Labute approximate surface area is 101 Å². The summed E-state index contributed by atoms with van der Waals surface area (Å²) in [6.07, 6.45) is 0. The van der Waals surface area contributed by atoms with Gasteiger partial charge in [-0.15, -0.1) is 5.10 Å². The van der Waals surface area contributed by atoms with Crippen LogP contribution >= 0.6 is 0 Å². The fraction of sp³-hybridized carbons (Fsp3) is 0.0909. The number of tetrazole rings is 1. The Kier molecular flexibility index (Phi) is 2.30. The van der Waals surface area contributed by atoms with Crippen molar-refractivity contribution in [1.29, 1.82) is 0 Å². The molecule has 2 aromatic heterocycles. The first-order valence-corrected chi connectivity index (χ1v) is 5.26. The summed E-state index contributed by atoms with van der Waals surface area (Å²) in [5.74, 6) is -0.0502. The molecule has 18 heavy (non-hydrogen) atoms. The van der Waals surface area contributed by atoms with E-state index in [1.54, 1.807) is 19.2 Å². The first-order chi connectivity index (χ1) is 8.72. The van der Waals surface area contributed by atoms with E-state index in [1.807, 2.05) is 18.2 Å². The third kappa shape index (κ3) is 1.81. The number of carbonyl (C=O) groups is 1. The molecule has 3 rings (SSSR count). The summed E-state index contributed by atoms with van der Waals surface area (Å²) in [6.45, 7) is 0. The van der Waals surface area contributed by atoms with Gasteiger partial charge in [0.25, 0.3) is 11.9 Å². The van der Waals surface area contributed by atoms with E-state index in [2.05, 4.69) is 20.7 Å². The molecule has 0 fully saturated rings. The molecule has 1 aromatic carbocycles. The van der Waals surface area contributed by atoms with Crippen LogP contribution in [0.25, 0.3) is 11.0 Å². The lowest BCUT2D eigenvalue weighted by Crippen LogP contribution is -2.12. The zero-order valence-corrected chi connectivity index (χ0v) is 9.49. The second-order valence-corrected chi connectivity index (χ2v) is 3.71. The van der Waals surface area contributed by atoms with Crippen molar-refractivity contribution in [3.8, 4) is 0 Å². The molecule has 0 spiro atoms. The number of para-hydroxylation sites is 1. The van der Waals surface area contributed by atoms with Crippen LogP contribution in [-0.2, 0) is 7.05 Å². The van der Waals surface area contributed by atoms with Crippen LogP contribution in [0.3, 0.4) is 0 Å². The first-order valence-electron chi connectivity index (χ1n) is 5.26. The second kappa shape index (κ2) is 3.95. The number of carbonyl (C=O) groups excluding carboxylic acids is 1. The van der Waals surface area contributed by atoms with Gasteiger partial charge >= 0.3 is 0 Å². The van der Waals surface area contributed by atoms with Crippen LogP contribution in [0, 0.1) is 0 Å². The lowest BCUT2D eigenvalue weighted by Gasteiger charge is -1.94. The van der Waals surface area contributed by atoms with Gasteiger partial charge in [-0.3, -0.25) is 10.1 Å². The van der Waals surface area contributed by atoms with Crippen LogP contribution in [0.2, 0.25) is 0 Å². The average molecular weight is 243 g/mol. The Hall–Kier alpha value is -2.70. The summed E-state index contributed by atoms with van der Waals surface area (Å²) in [4.78, 5) is 13.1. The van der Waals surface area contributed by atoms with Crippen LogP contribution < -0.4 is 5.32 Å². The Bertz CT molecular complexity index is 682. The predicted molar refractivity (Wildman–Crippen MR) is 63.0 cm³/mol. The maximum atomic E-state index is 11.9. The van der Waals surface area contributed by atoms with Crippen molar-refractivity contribution >= 4 is 22.8 Å². The maximum Gasteiger partial charge on any atom is 0.293 e. The third-order valence-corrected chi connectivity index (χ3v) is 2.38. The smallest absolute Gasteiger partial charge is 0.293 e. The van der Waals surface area contributed by atoms with Crippen molar-refractivity contribution in [3.63, 3.8) is 0 Å². The van der Waals surface area contributed by atoms with Gasteiger partial charge in [0, 0.05) is 5.39 Å². The Balaban J connectivity index is 1.87. The van der Waals surface area contributed by atoms with Gasteiger partial charge in [-0.2, -0.15) is 4.80 Å². The van der Waals surface area contributed by atoms with Gasteiger partial charge in [0.2, 0.25) is 0 Å². The van der Waals surface area contributed by atoms with Gasteiger partial charge in [0.05, 0.1) is 7.05 Å². The summed E-state index contributed by atoms with van der Waals surface area (Å²) in [5.41, 5.74) is 0.662. The molecule has 2 heterocycles. The molecule has 0 radical (unpaired) electrons. The SMILES string of the molecule is Cn1nnc(NC(=O)c2cc3ccccc3o2)n1. The van der Waals surface area contributed by atoms with E-state index in [4.69, 9.17) is 4.42 Å². The van der Waals surface area contributed by atoms with E-state index in [9.17, 15) is 4.79 Å². The number of hydrogen-bond acceptors (Lipinski definition) is 5. The van der Waals surface area contributed by atoms with Crippen molar-refractivity contribution in [1.82, 2.24) is 20.2 Å². The van der Waals surface area contributed by atoms with Gasteiger partial charge in [0.1, 0.15) is 5.58 Å². The van der Waals surface area contributed by atoms with Gasteiger partial charge in [-0.25, -0.2) is 0 Å². The number of aryl methyl sites for hydroxylation is 1. The number of nitrogens with zero attached hydrogens (tertiary/aromatic N) is 4. The van der Waals surface area contributed by atoms with Crippen LogP contribution in [-0.4, -0.2) is 26.1 Å². The lowest BCUT2D eigenvalue weighted by molar-refractivity contribution is 0.0998. The summed E-state index contributed by atoms with van der Waals surface area (Å²) in [7, 11) is 1.61. The van der Waals surface area contributed by atoms with Crippen LogP contribution in [0.4, 0.5) is 5.95 Å². The highest BCUT2D eigenvalue weighted by Crippen LogP contribution is 2.19. The molecule has 0 unspecified atom stereocenters. The van der Waals surface area contributed by atoms with Gasteiger partial charge < -0.3 is 4.42 Å². The van der Waals surface area contributed by atoms with E-state index >= 15 is 0 Å². The maximum absolute atomic E-state index is 11.9. The van der Waals surface area contributed by atoms with Crippen molar-refractivity contribution in [2.45, 2.75) is 0 Å². The predicted octanol–water partition coefficient (Wildman–Crippen LogP) is 1.21. The molecular weight excluding hydrogens is 234 g/mol. The molecule has 3 aromatic rings. The van der Waals surface area contributed by atoms with E-state index < -0.39 is 5.91 Å². The van der Waals surface area contributed by atoms with Gasteiger partial charge in [0.15, 0.2) is 5.76 Å². The minimum Gasteiger partial charge on any atom is -0.451 e. The minimum atomic E-state index is -0.404. The highest BCUT2D eigenvalue weighted by molar-refractivity contribution is 6.03. The molecule has 0 aliphatic rings. The van der Waals surface area contributed by atoms with Crippen LogP contribution in [0.15, 0.2) is 34.7 Å². The van der Waals surface area contributed by atoms with Gasteiger partial charge in [-0.1, -0.05) is 23.3 Å². The highest BCUT2D eigenvalue weighted by Gasteiger charge is 2.14. The van der Waals surface area contributed by atoms with Crippen LogP contribution in [0.1, 0.15) is 10.6 Å². The Morgan fingerprint density at radius 2 is 2.22 bits per heavy atom. The molecule has 0 aliphatic carbocycles. The Morgan fingerprint density at radius 3 is 2.94 bits per heavy atom. The molecule has 0 saturated carbocycles. The van der Waals surface area contributed by atoms with Crippen molar-refractivity contribution in [3.05, 3.63) is 36.1 Å². The number of hydrogen-bond donors (Lipinski definition) is 1. The number of nitrogens with one attached hydrogen (secondary N) is 1. The minimum absolute atomic E-state index is 0.142. The molecule has 0 saturated heterocycles. The summed E-state index contributed by atoms with van der Waals surface area (Å²) in [6, 6.07) is 9.06. The molecule has 7 heteroatoms. The second-order valence-electron chi connectivity index (χ2n) is 3.71. The molecule has 1 N–H and O–H groups in total. The van der Waals surface area contributed by atoms with Gasteiger partial charge in [-0.05, 0) is 17.3 Å². The lowest BCUT2D eigenvalue weighted by atomic mass is 10.2. The van der Waals surface area contributed by atoms with E-state index in [1.165, 1.54) is 4.80 Å². The van der Waals surface area contributed by atoms with Crippen molar-refractivity contribution < 1.29 is 9.21 Å². The number of rotatable bonds is 2. The first kappa shape index (κ1) is 10.5. The number of amides is 1. The molecule has 90 valence electrons. The van der Waals surface area contributed by atoms with Crippen molar-refractivity contribution in [2.75, 3.05) is 5.32 Å². The molecule has 0 aliphatic heterocycles. The van der Waals surface area contributed by atoms with Crippen molar-refractivity contribution in [2.24, 2.45) is 7.05 Å². The van der Waals surface area contributed by atoms with E-state index in [0.717, 1.165) is 5.39 Å². The standard InChI is InChI=1S/C11H9N5O2/c1-16-14-11(13-15-16)12-10(17)9-6-7-4-2-3-5-8(7)18-9/h2-6H,1H3,(H,12,14,17). The fourth-order valence-corrected chi connectivity index (χ4v) is 1.59. The number of furan rings is 1.